The quantitative estimate of drug-likeness (QED) is 0.765. The largest absolute Gasteiger partial charge is 0.494 e. The number of hydrogen-bond donors (Lipinski definition) is 2. The van der Waals surface area contributed by atoms with Crippen LogP contribution in [0.1, 0.15) is 20.3 Å². The van der Waals surface area contributed by atoms with E-state index in [2.05, 4.69) is 19.2 Å². The molecule has 0 fully saturated rings. The van der Waals surface area contributed by atoms with E-state index in [9.17, 15) is 4.79 Å². The van der Waals surface area contributed by atoms with E-state index in [0.29, 0.717) is 12.5 Å². The van der Waals surface area contributed by atoms with Gasteiger partial charge in [0.25, 0.3) is 0 Å². The number of carboxylic acid groups (broad SMARTS) is 1. The van der Waals surface area contributed by atoms with Crippen LogP contribution in [0.5, 0.6) is 5.75 Å². The van der Waals surface area contributed by atoms with Gasteiger partial charge in [-0.2, -0.15) is 0 Å². The number of carboxylic acids is 1. The molecule has 2 N–H and O–H groups in total. The first-order valence-electron chi connectivity index (χ1n) is 5.76. The number of aliphatic carboxylic acids is 1. The maximum absolute atomic E-state index is 10.4. The van der Waals surface area contributed by atoms with Crippen LogP contribution in [0.4, 0.5) is 5.69 Å². The van der Waals surface area contributed by atoms with Gasteiger partial charge in [-0.15, -0.1) is 0 Å². The van der Waals surface area contributed by atoms with Crippen molar-refractivity contribution in [2.75, 3.05) is 18.5 Å². The van der Waals surface area contributed by atoms with Crippen LogP contribution in [0.2, 0.25) is 0 Å². The van der Waals surface area contributed by atoms with Crippen molar-refractivity contribution in [3.05, 3.63) is 24.3 Å². The van der Waals surface area contributed by atoms with Crippen LogP contribution < -0.4 is 10.1 Å². The normalized spacial score (nSPS) is 10.3. The van der Waals surface area contributed by atoms with Crippen LogP contribution in [0.15, 0.2) is 24.3 Å². The number of ether oxygens (including phenoxy) is 1. The van der Waals surface area contributed by atoms with Crippen LogP contribution in [-0.4, -0.2) is 24.2 Å². The zero-order chi connectivity index (χ0) is 12.7. The lowest BCUT2D eigenvalue weighted by atomic mass is 10.1. The fourth-order valence-corrected chi connectivity index (χ4v) is 1.26. The van der Waals surface area contributed by atoms with Gasteiger partial charge in [0.05, 0.1) is 6.61 Å². The first-order chi connectivity index (χ1) is 8.08. The molecule has 0 radical (unpaired) electrons. The fraction of sp³-hybridized carbons (Fsp3) is 0.462. The molecule has 0 bridgehead atoms. The van der Waals surface area contributed by atoms with Gasteiger partial charge in [0, 0.05) is 5.69 Å². The van der Waals surface area contributed by atoms with E-state index < -0.39 is 5.97 Å². The highest BCUT2D eigenvalue weighted by Gasteiger charge is 1.99. The molecule has 1 rings (SSSR count). The van der Waals surface area contributed by atoms with Gasteiger partial charge in [0.1, 0.15) is 12.3 Å². The fourth-order valence-electron chi connectivity index (χ4n) is 1.26. The van der Waals surface area contributed by atoms with Gasteiger partial charge in [-0.3, -0.25) is 4.79 Å². The Kier molecular flexibility index (Phi) is 5.33. The Hall–Kier alpha value is -1.71. The minimum atomic E-state index is -0.873. The molecule has 0 amide bonds. The van der Waals surface area contributed by atoms with Crippen molar-refractivity contribution in [2.24, 2.45) is 5.92 Å². The molecule has 4 nitrogen and oxygen atoms in total. The second-order valence-corrected chi connectivity index (χ2v) is 4.30. The van der Waals surface area contributed by atoms with Crippen LogP contribution in [0.25, 0.3) is 0 Å². The van der Waals surface area contributed by atoms with Gasteiger partial charge >= 0.3 is 5.97 Å². The highest BCUT2D eigenvalue weighted by molar-refractivity contribution is 5.72. The Morgan fingerprint density at radius 3 is 2.53 bits per heavy atom. The molecule has 1 aromatic carbocycles. The molecule has 94 valence electrons. The van der Waals surface area contributed by atoms with Gasteiger partial charge in [0.2, 0.25) is 0 Å². The second-order valence-electron chi connectivity index (χ2n) is 4.30. The Balaban J connectivity index is 2.36. The topological polar surface area (TPSA) is 58.6 Å². The van der Waals surface area contributed by atoms with Crippen molar-refractivity contribution in [2.45, 2.75) is 20.3 Å². The summed E-state index contributed by atoms with van der Waals surface area (Å²) >= 11 is 0. The van der Waals surface area contributed by atoms with Gasteiger partial charge in [-0.25, -0.2) is 0 Å². The first kappa shape index (κ1) is 13.4. The van der Waals surface area contributed by atoms with Gasteiger partial charge in [-0.05, 0) is 36.6 Å². The Bertz CT molecular complexity index is 346. The Morgan fingerprint density at radius 1 is 1.35 bits per heavy atom. The summed E-state index contributed by atoms with van der Waals surface area (Å²) < 4.78 is 5.55. The molecule has 0 unspecified atom stereocenters. The third kappa shape index (κ3) is 5.80. The van der Waals surface area contributed by atoms with Crippen molar-refractivity contribution in [1.29, 1.82) is 0 Å². The number of rotatable bonds is 7. The average molecular weight is 237 g/mol. The standard InChI is InChI=1S/C13H19NO3/c1-10(2)7-8-17-12-5-3-11(4-6-12)14-9-13(15)16/h3-6,10,14H,7-9H2,1-2H3,(H,15,16). The summed E-state index contributed by atoms with van der Waals surface area (Å²) in [5.74, 6) is 0.570. The van der Waals surface area contributed by atoms with Gasteiger partial charge in [0.15, 0.2) is 0 Å². The molecular weight excluding hydrogens is 218 g/mol. The molecule has 1 aromatic rings. The summed E-state index contributed by atoms with van der Waals surface area (Å²) in [7, 11) is 0. The van der Waals surface area contributed by atoms with E-state index in [1.165, 1.54) is 0 Å². The van der Waals surface area contributed by atoms with Crippen LogP contribution in [-0.2, 0) is 4.79 Å². The lowest BCUT2D eigenvalue weighted by Crippen LogP contribution is -2.12. The summed E-state index contributed by atoms with van der Waals surface area (Å²) in [5.41, 5.74) is 0.781. The predicted molar refractivity (Wildman–Crippen MR) is 67.5 cm³/mol. The SMILES string of the molecule is CC(C)CCOc1ccc(NCC(=O)O)cc1. The minimum Gasteiger partial charge on any atom is -0.494 e. The van der Waals surface area contributed by atoms with Crippen molar-refractivity contribution in [3.63, 3.8) is 0 Å². The van der Waals surface area contributed by atoms with Gasteiger partial charge in [-0.1, -0.05) is 13.8 Å². The van der Waals surface area contributed by atoms with Crippen molar-refractivity contribution >= 4 is 11.7 Å². The molecule has 0 heterocycles. The van der Waals surface area contributed by atoms with E-state index in [0.717, 1.165) is 17.9 Å². The van der Waals surface area contributed by atoms with Crippen LogP contribution in [0.3, 0.4) is 0 Å². The smallest absolute Gasteiger partial charge is 0.322 e. The van der Waals surface area contributed by atoms with Crippen LogP contribution in [0, 0.1) is 5.92 Å². The van der Waals surface area contributed by atoms with Crippen molar-refractivity contribution in [3.8, 4) is 5.75 Å². The molecule has 0 aliphatic rings. The molecule has 0 aliphatic carbocycles. The molecule has 0 aromatic heterocycles. The van der Waals surface area contributed by atoms with Crippen molar-refractivity contribution < 1.29 is 14.6 Å². The lowest BCUT2D eigenvalue weighted by Gasteiger charge is -2.09. The van der Waals surface area contributed by atoms with E-state index in [1.54, 1.807) is 0 Å². The average Bonchev–Trinajstić information content (AvgIpc) is 2.27. The molecule has 4 heteroatoms. The number of benzene rings is 1. The molecule has 0 spiro atoms. The zero-order valence-electron chi connectivity index (χ0n) is 10.3. The summed E-state index contributed by atoms with van der Waals surface area (Å²) in [6, 6.07) is 7.30. The van der Waals surface area contributed by atoms with Crippen LogP contribution >= 0.6 is 0 Å². The maximum atomic E-state index is 10.4. The third-order valence-corrected chi connectivity index (χ3v) is 2.26. The van der Waals surface area contributed by atoms with E-state index >= 15 is 0 Å². The molecule has 0 aliphatic heterocycles. The van der Waals surface area contributed by atoms with Crippen molar-refractivity contribution in [1.82, 2.24) is 0 Å². The molecular formula is C13H19NO3. The predicted octanol–water partition coefficient (Wildman–Crippen LogP) is 2.61. The third-order valence-electron chi connectivity index (χ3n) is 2.26. The second kappa shape index (κ2) is 6.78. The zero-order valence-corrected chi connectivity index (χ0v) is 10.3. The highest BCUT2D eigenvalue weighted by Crippen LogP contribution is 2.16. The summed E-state index contributed by atoms with van der Waals surface area (Å²) in [6.45, 7) is 4.94. The monoisotopic (exact) mass is 237 g/mol. The lowest BCUT2D eigenvalue weighted by molar-refractivity contribution is -0.134. The minimum absolute atomic E-state index is 0.0758. The Labute approximate surface area is 102 Å². The van der Waals surface area contributed by atoms with E-state index in [4.69, 9.17) is 9.84 Å². The maximum Gasteiger partial charge on any atom is 0.322 e. The molecule has 0 saturated heterocycles. The number of nitrogens with one attached hydrogen (secondary N) is 1. The highest BCUT2D eigenvalue weighted by atomic mass is 16.5. The molecule has 0 saturated carbocycles. The summed E-state index contributed by atoms with van der Waals surface area (Å²) in [4.78, 5) is 10.4. The van der Waals surface area contributed by atoms with E-state index in [-0.39, 0.29) is 6.54 Å². The number of anilines is 1. The molecule has 17 heavy (non-hydrogen) atoms. The van der Waals surface area contributed by atoms with E-state index in [1.807, 2.05) is 24.3 Å². The first-order valence-corrected chi connectivity index (χ1v) is 5.76. The summed E-state index contributed by atoms with van der Waals surface area (Å²) in [5, 5.41) is 11.3. The Morgan fingerprint density at radius 2 is 2.00 bits per heavy atom. The molecule has 0 atom stereocenters. The van der Waals surface area contributed by atoms with Gasteiger partial charge < -0.3 is 15.2 Å². The summed E-state index contributed by atoms with van der Waals surface area (Å²) in [6.07, 6.45) is 1.03. The number of carbonyl (C=O) groups is 1. The number of hydrogen-bond acceptors (Lipinski definition) is 3.